The standard InChI is InChI=1S/C16H23ClN6O/c1-12-16(17)13(2)23(19-12)11-15(24)22-8-6-21(7-9-22)10-14-18-4-5-20(14)3/h4-5H,6-11H2,1-3H3. The van der Waals surface area contributed by atoms with Crippen molar-refractivity contribution < 1.29 is 4.79 Å². The zero-order chi connectivity index (χ0) is 17.3. The van der Waals surface area contributed by atoms with Crippen LogP contribution in [0, 0.1) is 13.8 Å². The Morgan fingerprint density at radius 3 is 2.50 bits per heavy atom. The Balaban J connectivity index is 1.53. The highest BCUT2D eigenvalue weighted by molar-refractivity contribution is 6.31. The third-order valence-electron chi connectivity index (χ3n) is 4.59. The first-order chi connectivity index (χ1) is 11.5. The summed E-state index contributed by atoms with van der Waals surface area (Å²) >= 11 is 6.14. The normalized spacial score (nSPS) is 15.9. The molecule has 0 radical (unpaired) electrons. The lowest BCUT2D eigenvalue weighted by Gasteiger charge is -2.34. The maximum atomic E-state index is 12.5. The molecule has 1 aliphatic rings. The van der Waals surface area contributed by atoms with Crippen LogP contribution in [-0.2, 0) is 24.9 Å². The smallest absolute Gasteiger partial charge is 0.244 e. The molecule has 1 fully saturated rings. The van der Waals surface area contributed by atoms with Crippen LogP contribution in [0.15, 0.2) is 12.4 Å². The van der Waals surface area contributed by atoms with E-state index in [1.807, 2.05) is 42.8 Å². The topological polar surface area (TPSA) is 59.2 Å². The predicted octanol–water partition coefficient (Wildman–Crippen LogP) is 1.23. The number of aryl methyl sites for hydroxylation is 2. The third-order valence-corrected chi connectivity index (χ3v) is 5.14. The van der Waals surface area contributed by atoms with Crippen LogP contribution in [0.25, 0.3) is 0 Å². The Hall–Kier alpha value is -1.86. The Kier molecular flexibility index (Phi) is 4.91. The van der Waals surface area contributed by atoms with Crippen molar-refractivity contribution in [2.75, 3.05) is 26.2 Å². The molecule has 0 aliphatic carbocycles. The molecule has 130 valence electrons. The highest BCUT2D eigenvalue weighted by Gasteiger charge is 2.23. The quantitative estimate of drug-likeness (QED) is 0.832. The van der Waals surface area contributed by atoms with Crippen molar-refractivity contribution in [1.29, 1.82) is 0 Å². The van der Waals surface area contributed by atoms with Crippen LogP contribution >= 0.6 is 11.6 Å². The van der Waals surface area contributed by atoms with E-state index in [0.29, 0.717) is 5.02 Å². The Morgan fingerprint density at radius 2 is 1.96 bits per heavy atom. The Bertz CT molecular complexity index is 729. The van der Waals surface area contributed by atoms with E-state index >= 15 is 0 Å². The van der Waals surface area contributed by atoms with E-state index in [4.69, 9.17) is 11.6 Å². The summed E-state index contributed by atoms with van der Waals surface area (Å²) in [6, 6.07) is 0. The minimum atomic E-state index is 0.0916. The van der Waals surface area contributed by atoms with Gasteiger partial charge in [-0.05, 0) is 13.8 Å². The van der Waals surface area contributed by atoms with Gasteiger partial charge in [0, 0.05) is 45.6 Å². The van der Waals surface area contributed by atoms with Gasteiger partial charge >= 0.3 is 0 Å². The van der Waals surface area contributed by atoms with E-state index in [1.54, 1.807) is 4.68 Å². The number of halogens is 1. The number of nitrogens with zero attached hydrogens (tertiary/aromatic N) is 6. The number of aromatic nitrogens is 4. The average Bonchev–Trinajstić information content (AvgIpc) is 3.07. The molecule has 0 atom stereocenters. The number of amides is 1. The molecule has 2 aromatic rings. The molecular formula is C16H23ClN6O. The molecule has 0 bridgehead atoms. The number of rotatable bonds is 4. The van der Waals surface area contributed by atoms with E-state index in [0.717, 1.165) is 49.9 Å². The van der Waals surface area contributed by atoms with Crippen LogP contribution in [0.1, 0.15) is 17.2 Å². The van der Waals surface area contributed by atoms with Crippen LogP contribution < -0.4 is 0 Å². The lowest BCUT2D eigenvalue weighted by atomic mass is 10.3. The summed E-state index contributed by atoms with van der Waals surface area (Å²) in [5.74, 6) is 1.14. The van der Waals surface area contributed by atoms with Crippen molar-refractivity contribution in [2.24, 2.45) is 7.05 Å². The maximum absolute atomic E-state index is 12.5. The zero-order valence-corrected chi connectivity index (χ0v) is 15.1. The SMILES string of the molecule is Cc1nn(CC(=O)N2CCN(Cc3nccn3C)CC2)c(C)c1Cl. The van der Waals surface area contributed by atoms with Crippen molar-refractivity contribution in [3.05, 3.63) is 34.6 Å². The molecule has 0 unspecified atom stereocenters. The van der Waals surface area contributed by atoms with Gasteiger partial charge in [-0.25, -0.2) is 4.98 Å². The number of piperazine rings is 1. The van der Waals surface area contributed by atoms with Crippen LogP contribution in [0.5, 0.6) is 0 Å². The van der Waals surface area contributed by atoms with Gasteiger partial charge in [-0.2, -0.15) is 5.10 Å². The van der Waals surface area contributed by atoms with Crippen LogP contribution in [-0.4, -0.2) is 61.2 Å². The van der Waals surface area contributed by atoms with Gasteiger partial charge in [0.15, 0.2) is 0 Å². The molecule has 0 aromatic carbocycles. The second-order valence-electron chi connectivity index (χ2n) is 6.25. The maximum Gasteiger partial charge on any atom is 0.244 e. The van der Waals surface area contributed by atoms with E-state index < -0.39 is 0 Å². The van der Waals surface area contributed by atoms with E-state index in [2.05, 4.69) is 15.0 Å². The van der Waals surface area contributed by atoms with Gasteiger partial charge < -0.3 is 9.47 Å². The summed E-state index contributed by atoms with van der Waals surface area (Å²) in [7, 11) is 2.00. The second kappa shape index (κ2) is 6.94. The average molecular weight is 351 g/mol. The minimum absolute atomic E-state index is 0.0916. The predicted molar refractivity (Wildman–Crippen MR) is 91.8 cm³/mol. The molecule has 8 heteroatoms. The fraction of sp³-hybridized carbons (Fsp3) is 0.562. The molecule has 24 heavy (non-hydrogen) atoms. The highest BCUT2D eigenvalue weighted by Crippen LogP contribution is 2.19. The molecule has 1 saturated heterocycles. The zero-order valence-electron chi connectivity index (χ0n) is 14.4. The van der Waals surface area contributed by atoms with Crippen molar-refractivity contribution in [3.63, 3.8) is 0 Å². The number of hydrogen-bond acceptors (Lipinski definition) is 4. The van der Waals surface area contributed by atoms with Crippen molar-refractivity contribution >= 4 is 17.5 Å². The molecule has 0 spiro atoms. The molecule has 1 amide bonds. The van der Waals surface area contributed by atoms with Gasteiger partial charge in [0.1, 0.15) is 12.4 Å². The first-order valence-corrected chi connectivity index (χ1v) is 8.49. The van der Waals surface area contributed by atoms with Gasteiger partial charge in [-0.15, -0.1) is 0 Å². The van der Waals surface area contributed by atoms with Gasteiger partial charge in [0.2, 0.25) is 5.91 Å². The first kappa shape index (κ1) is 17.0. The largest absolute Gasteiger partial charge is 0.339 e. The number of carbonyl (C=O) groups excluding carboxylic acids is 1. The lowest BCUT2D eigenvalue weighted by Crippen LogP contribution is -2.49. The molecule has 1 aliphatic heterocycles. The molecular weight excluding hydrogens is 328 g/mol. The Labute approximate surface area is 146 Å². The number of hydrogen-bond donors (Lipinski definition) is 0. The fourth-order valence-electron chi connectivity index (χ4n) is 2.96. The van der Waals surface area contributed by atoms with E-state index in [-0.39, 0.29) is 12.5 Å². The van der Waals surface area contributed by atoms with Gasteiger partial charge in [-0.3, -0.25) is 14.4 Å². The van der Waals surface area contributed by atoms with E-state index in [9.17, 15) is 4.79 Å². The van der Waals surface area contributed by atoms with Crippen LogP contribution in [0.2, 0.25) is 5.02 Å². The van der Waals surface area contributed by atoms with Crippen molar-refractivity contribution in [2.45, 2.75) is 26.9 Å². The summed E-state index contributed by atoms with van der Waals surface area (Å²) < 4.78 is 3.73. The number of imidazole rings is 1. The first-order valence-electron chi connectivity index (χ1n) is 8.11. The highest BCUT2D eigenvalue weighted by atomic mass is 35.5. The molecule has 0 saturated carbocycles. The van der Waals surface area contributed by atoms with Crippen molar-refractivity contribution in [3.8, 4) is 0 Å². The molecule has 2 aromatic heterocycles. The molecule has 3 heterocycles. The second-order valence-corrected chi connectivity index (χ2v) is 6.63. The Morgan fingerprint density at radius 1 is 1.25 bits per heavy atom. The van der Waals surface area contributed by atoms with Crippen LogP contribution in [0.4, 0.5) is 0 Å². The van der Waals surface area contributed by atoms with E-state index in [1.165, 1.54) is 0 Å². The lowest BCUT2D eigenvalue weighted by molar-refractivity contribution is -0.133. The third kappa shape index (κ3) is 3.47. The fourth-order valence-corrected chi connectivity index (χ4v) is 3.10. The molecule has 3 rings (SSSR count). The molecule has 0 N–H and O–H groups in total. The van der Waals surface area contributed by atoms with Crippen molar-refractivity contribution in [1.82, 2.24) is 29.1 Å². The molecule has 7 nitrogen and oxygen atoms in total. The minimum Gasteiger partial charge on any atom is -0.339 e. The number of carbonyl (C=O) groups is 1. The summed E-state index contributed by atoms with van der Waals surface area (Å²) in [5.41, 5.74) is 1.61. The van der Waals surface area contributed by atoms with Crippen LogP contribution in [0.3, 0.4) is 0 Å². The van der Waals surface area contributed by atoms with Gasteiger partial charge in [-0.1, -0.05) is 11.6 Å². The summed E-state index contributed by atoms with van der Waals surface area (Å²) in [6.07, 6.45) is 3.77. The van der Waals surface area contributed by atoms with Gasteiger partial charge in [0.05, 0.1) is 23.0 Å². The van der Waals surface area contributed by atoms with Gasteiger partial charge in [0.25, 0.3) is 0 Å². The summed E-state index contributed by atoms with van der Waals surface area (Å²) in [5, 5.41) is 4.98. The summed E-state index contributed by atoms with van der Waals surface area (Å²) in [6.45, 7) is 7.99. The monoisotopic (exact) mass is 350 g/mol. The summed E-state index contributed by atoms with van der Waals surface area (Å²) in [4.78, 5) is 21.1.